The molecule has 2 aromatic heterocycles. The molecule has 3 rings (SSSR count). The van der Waals surface area contributed by atoms with Crippen LogP contribution >= 0.6 is 27.7 Å². The lowest BCUT2D eigenvalue weighted by Gasteiger charge is -2.07. The first kappa shape index (κ1) is 18.7. The number of thioether (sulfide) groups is 1. The molecule has 0 aliphatic heterocycles. The number of carbonyl (C=O) groups is 1. The second kappa shape index (κ2) is 8.50. The van der Waals surface area contributed by atoms with Crippen LogP contribution in [0.25, 0.3) is 11.4 Å². The second-order valence-electron chi connectivity index (χ2n) is 5.48. The maximum Gasteiger partial charge on any atom is 0.234 e. The van der Waals surface area contributed by atoms with E-state index >= 15 is 0 Å². The van der Waals surface area contributed by atoms with Crippen LogP contribution in [0.1, 0.15) is 13.8 Å². The predicted molar refractivity (Wildman–Crippen MR) is 106 cm³/mol. The summed E-state index contributed by atoms with van der Waals surface area (Å²) in [5, 5.41) is 16.4. The molecule has 3 aromatic rings. The van der Waals surface area contributed by atoms with Gasteiger partial charge >= 0.3 is 0 Å². The molecule has 1 N–H and O–H groups in total. The van der Waals surface area contributed by atoms with E-state index in [9.17, 15) is 4.79 Å². The molecule has 1 amide bonds. The number of halogens is 1. The third-order valence-electron chi connectivity index (χ3n) is 3.69. The Labute approximate surface area is 164 Å². The Bertz CT molecular complexity index is 906. The smallest absolute Gasteiger partial charge is 0.234 e. The Morgan fingerprint density at radius 2 is 2.12 bits per heavy atom. The van der Waals surface area contributed by atoms with Crippen LogP contribution < -0.4 is 5.32 Å². The summed E-state index contributed by atoms with van der Waals surface area (Å²) in [6.07, 6.45) is 3.73. The number of aryl methyl sites for hydroxylation is 1. The van der Waals surface area contributed by atoms with E-state index in [0.717, 1.165) is 39.8 Å². The number of nitrogens with one attached hydrogen (secondary N) is 1. The summed E-state index contributed by atoms with van der Waals surface area (Å²) in [7, 11) is 0. The number of hydrogen-bond acceptors (Lipinski definition) is 5. The van der Waals surface area contributed by atoms with Gasteiger partial charge in [-0.3, -0.25) is 9.48 Å². The third-order valence-corrected chi connectivity index (χ3v) is 5.15. The van der Waals surface area contributed by atoms with Gasteiger partial charge in [-0.05, 0) is 32.0 Å². The van der Waals surface area contributed by atoms with E-state index in [4.69, 9.17) is 0 Å². The highest BCUT2D eigenvalue weighted by Crippen LogP contribution is 2.24. The minimum atomic E-state index is -0.0842. The Balaban J connectivity index is 1.67. The van der Waals surface area contributed by atoms with Gasteiger partial charge in [0, 0.05) is 29.4 Å². The van der Waals surface area contributed by atoms with Crippen LogP contribution in [0.5, 0.6) is 0 Å². The summed E-state index contributed by atoms with van der Waals surface area (Å²) >= 11 is 4.76. The van der Waals surface area contributed by atoms with Crippen LogP contribution in [0.15, 0.2) is 46.3 Å². The summed E-state index contributed by atoms with van der Waals surface area (Å²) < 4.78 is 4.77. The third kappa shape index (κ3) is 4.34. The summed E-state index contributed by atoms with van der Waals surface area (Å²) in [6.45, 7) is 5.59. The SMILES string of the molecule is CCn1cc(-c2nnc(SCC(=O)Nc3cccc(Br)c3)n2CC)cn1. The standard InChI is InChI=1S/C17H19BrN6OS/c1-3-23-10-12(9-19-23)16-21-22-17(24(16)4-2)26-11-15(25)20-14-7-5-6-13(18)8-14/h5-10H,3-4,11H2,1-2H3,(H,20,25). The van der Waals surface area contributed by atoms with E-state index in [0.29, 0.717) is 0 Å². The van der Waals surface area contributed by atoms with Gasteiger partial charge in [0.25, 0.3) is 0 Å². The van der Waals surface area contributed by atoms with Crippen molar-refractivity contribution in [1.29, 1.82) is 0 Å². The molecule has 0 aliphatic carbocycles. The number of aromatic nitrogens is 5. The largest absolute Gasteiger partial charge is 0.325 e. The van der Waals surface area contributed by atoms with Gasteiger partial charge in [0.2, 0.25) is 5.91 Å². The molecule has 9 heteroatoms. The molecule has 0 saturated carbocycles. The first-order valence-corrected chi connectivity index (χ1v) is 10.0. The van der Waals surface area contributed by atoms with Crippen molar-refractivity contribution in [2.24, 2.45) is 0 Å². The number of carbonyl (C=O) groups excluding carboxylic acids is 1. The van der Waals surface area contributed by atoms with E-state index in [1.165, 1.54) is 11.8 Å². The Hall–Kier alpha value is -2.13. The van der Waals surface area contributed by atoms with Crippen molar-refractivity contribution in [1.82, 2.24) is 24.5 Å². The molecule has 2 heterocycles. The zero-order valence-electron chi connectivity index (χ0n) is 14.5. The summed E-state index contributed by atoms with van der Waals surface area (Å²) in [5.74, 6) is 0.944. The van der Waals surface area contributed by atoms with Crippen LogP contribution in [0.2, 0.25) is 0 Å². The molecule has 1 aromatic carbocycles. The molecular formula is C17H19BrN6OS. The normalized spacial score (nSPS) is 10.9. The monoisotopic (exact) mass is 434 g/mol. The Kier molecular flexibility index (Phi) is 6.10. The van der Waals surface area contributed by atoms with Gasteiger partial charge in [-0.2, -0.15) is 5.10 Å². The fraction of sp³-hybridized carbons (Fsp3) is 0.294. The lowest BCUT2D eigenvalue weighted by molar-refractivity contribution is -0.113. The Morgan fingerprint density at radius 3 is 2.81 bits per heavy atom. The van der Waals surface area contributed by atoms with Crippen LogP contribution in [-0.4, -0.2) is 36.2 Å². The molecule has 0 atom stereocenters. The molecule has 0 spiro atoms. The fourth-order valence-corrected chi connectivity index (χ4v) is 3.64. The first-order valence-electron chi connectivity index (χ1n) is 8.25. The van der Waals surface area contributed by atoms with Crippen molar-refractivity contribution in [2.75, 3.05) is 11.1 Å². The average molecular weight is 435 g/mol. The lowest BCUT2D eigenvalue weighted by atomic mass is 10.3. The molecule has 0 fully saturated rings. The molecule has 0 bridgehead atoms. The number of hydrogen-bond donors (Lipinski definition) is 1. The zero-order valence-corrected chi connectivity index (χ0v) is 16.9. The summed E-state index contributed by atoms with van der Waals surface area (Å²) in [6, 6.07) is 7.51. The highest BCUT2D eigenvalue weighted by Gasteiger charge is 2.16. The van der Waals surface area contributed by atoms with Crippen LogP contribution in [-0.2, 0) is 17.9 Å². The maximum atomic E-state index is 12.2. The van der Waals surface area contributed by atoms with Crippen LogP contribution in [0.4, 0.5) is 5.69 Å². The highest BCUT2D eigenvalue weighted by molar-refractivity contribution is 9.10. The van der Waals surface area contributed by atoms with Gasteiger partial charge in [0.15, 0.2) is 11.0 Å². The van der Waals surface area contributed by atoms with Gasteiger partial charge in [0.1, 0.15) is 0 Å². The van der Waals surface area contributed by atoms with Crippen molar-refractivity contribution in [2.45, 2.75) is 32.1 Å². The van der Waals surface area contributed by atoms with Gasteiger partial charge in [-0.25, -0.2) is 0 Å². The van der Waals surface area contributed by atoms with Crippen LogP contribution in [0, 0.1) is 0 Å². The first-order chi connectivity index (χ1) is 12.6. The molecular weight excluding hydrogens is 416 g/mol. The minimum absolute atomic E-state index is 0.0842. The highest BCUT2D eigenvalue weighted by atomic mass is 79.9. The van der Waals surface area contributed by atoms with Crippen molar-refractivity contribution >= 4 is 39.3 Å². The molecule has 26 heavy (non-hydrogen) atoms. The molecule has 0 aliphatic rings. The summed E-state index contributed by atoms with van der Waals surface area (Å²) in [4.78, 5) is 12.2. The van der Waals surface area contributed by atoms with Gasteiger partial charge in [-0.15, -0.1) is 10.2 Å². The molecule has 0 saturated heterocycles. The average Bonchev–Trinajstić information content (AvgIpc) is 3.26. The lowest BCUT2D eigenvalue weighted by Crippen LogP contribution is -2.14. The molecule has 136 valence electrons. The van der Waals surface area contributed by atoms with E-state index < -0.39 is 0 Å². The van der Waals surface area contributed by atoms with Crippen LogP contribution in [0.3, 0.4) is 0 Å². The summed E-state index contributed by atoms with van der Waals surface area (Å²) in [5.41, 5.74) is 1.68. The van der Waals surface area contributed by atoms with Gasteiger partial charge < -0.3 is 9.88 Å². The van der Waals surface area contributed by atoms with E-state index in [2.05, 4.69) is 36.5 Å². The fourth-order valence-electron chi connectivity index (χ4n) is 2.44. The number of amides is 1. The number of benzene rings is 1. The van der Waals surface area contributed by atoms with Crippen molar-refractivity contribution in [3.05, 3.63) is 41.1 Å². The quantitative estimate of drug-likeness (QED) is 0.573. The van der Waals surface area contributed by atoms with Crippen molar-refractivity contribution in [3.8, 4) is 11.4 Å². The van der Waals surface area contributed by atoms with E-state index in [1.807, 2.05) is 53.6 Å². The predicted octanol–water partition coefficient (Wildman–Crippen LogP) is 3.67. The minimum Gasteiger partial charge on any atom is -0.325 e. The van der Waals surface area contributed by atoms with Gasteiger partial charge in [-0.1, -0.05) is 33.8 Å². The molecule has 7 nitrogen and oxygen atoms in total. The maximum absolute atomic E-state index is 12.2. The van der Waals surface area contributed by atoms with Crippen molar-refractivity contribution in [3.63, 3.8) is 0 Å². The van der Waals surface area contributed by atoms with E-state index in [1.54, 1.807) is 6.20 Å². The molecule has 0 radical (unpaired) electrons. The number of anilines is 1. The number of rotatable bonds is 7. The van der Waals surface area contributed by atoms with E-state index in [-0.39, 0.29) is 11.7 Å². The molecule has 0 unspecified atom stereocenters. The van der Waals surface area contributed by atoms with Gasteiger partial charge in [0.05, 0.1) is 17.5 Å². The number of nitrogens with zero attached hydrogens (tertiary/aromatic N) is 5. The zero-order chi connectivity index (χ0) is 18.5. The topological polar surface area (TPSA) is 77.6 Å². The second-order valence-corrected chi connectivity index (χ2v) is 7.34. The Morgan fingerprint density at radius 1 is 1.27 bits per heavy atom. The van der Waals surface area contributed by atoms with Crippen molar-refractivity contribution < 1.29 is 4.79 Å².